The molecule has 22 heavy (non-hydrogen) atoms. The minimum atomic E-state index is -1.05. The summed E-state index contributed by atoms with van der Waals surface area (Å²) in [4.78, 5) is 37.0. The number of amides is 3. The molecule has 2 aliphatic rings. The average molecular weight is 307 g/mol. The zero-order valence-corrected chi connectivity index (χ0v) is 11.8. The molecule has 3 amide bonds. The van der Waals surface area contributed by atoms with Crippen LogP contribution in [0.25, 0.3) is 0 Å². The number of ether oxygens (including phenoxy) is 1. The van der Waals surface area contributed by atoms with Crippen molar-refractivity contribution in [1.29, 1.82) is 0 Å². The van der Waals surface area contributed by atoms with Gasteiger partial charge in [0.1, 0.15) is 5.82 Å². The number of cyclic esters (lactones) is 1. The van der Waals surface area contributed by atoms with Crippen molar-refractivity contribution in [2.75, 3.05) is 23.4 Å². The summed E-state index contributed by atoms with van der Waals surface area (Å²) < 4.78 is 19.2. The molecule has 8 heteroatoms. The number of rotatable bonds is 2. The highest BCUT2D eigenvalue weighted by atomic mass is 19.1. The van der Waals surface area contributed by atoms with Crippen molar-refractivity contribution in [2.45, 2.75) is 18.9 Å². The molecule has 2 aliphatic heterocycles. The summed E-state index contributed by atoms with van der Waals surface area (Å²) in [6.07, 6.45) is -1.12. The summed E-state index contributed by atoms with van der Waals surface area (Å²) in [5, 5.41) is 0. The molecule has 0 spiro atoms. The third-order valence-corrected chi connectivity index (χ3v) is 3.89. The molecule has 1 fully saturated rings. The van der Waals surface area contributed by atoms with E-state index < -0.39 is 23.9 Å². The van der Waals surface area contributed by atoms with Crippen molar-refractivity contribution in [2.24, 2.45) is 5.73 Å². The van der Waals surface area contributed by atoms with E-state index in [0.717, 1.165) is 11.0 Å². The van der Waals surface area contributed by atoms with Crippen molar-refractivity contribution in [3.05, 3.63) is 23.5 Å². The first-order valence-corrected chi connectivity index (χ1v) is 6.75. The van der Waals surface area contributed by atoms with Gasteiger partial charge in [0.2, 0.25) is 5.91 Å². The standard InChI is InChI=1S/C14H14FN3O4/c1-17-11(19)3-2-7-4-8(5-9(15)12(7)17)18-6-10(13(16)20)22-14(18)21/h4-5,10H,2-3,6H2,1H3,(H2,16,20)/t10-/m1/s1. The first-order chi connectivity index (χ1) is 10.4. The summed E-state index contributed by atoms with van der Waals surface area (Å²) in [7, 11) is 1.51. The van der Waals surface area contributed by atoms with E-state index in [0.29, 0.717) is 12.0 Å². The molecule has 3 rings (SSSR count). The van der Waals surface area contributed by atoms with Gasteiger partial charge in [-0.1, -0.05) is 0 Å². The Bertz CT molecular complexity index is 691. The second kappa shape index (κ2) is 4.97. The van der Waals surface area contributed by atoms with Gasteiger partial charge in [-0.2, -0.15) is 0 Å². The number of nitrogens with zero attached hydrogens (tertiary/aromatic N) is 2. The molecule has 0 saturated carbocycles. The smallest absolute Gasteiger partial charge is 0.415 e. The SMILES string of the molecule is CN1C(=O)CCc2cc(N3C[C@H](C(N)=O)OC3=O)cc(F)c21. The maximum Gasteiger partial charge on any atom is 0.415 e. The third-order valence-electron chi connectivity index (χ3n) is 3.89. The Morgan fingerprint density at radius 1 is 1.36 bits per heavy atom. The maximum absolute atomic E-state index is 14.3. The lowest BCUT2D eigenvalue weighted by molar-refractivity contribution is -0.124. The Balaban J connectivity index is 1.97. The molecule has 1 aromatic carbocycles. The van der Waals surface area contributed by atoms with Gasteiger partial charge < -0.3 is 15.4 Å². The van der Waals surface area contributed by atoms with Crippen LogP contribution in [-0.2, 0) is 20.7 Å². The summed E-state index contributed by atoms with van der Waals surface area (Å²) in [6, 6.07) is 2.78. The van der Waals surface area contributed by atoms with E-state index in [2.05, 4.69) is 0 Å². The Morgan fingerprint density at radius 2 is 2.09 bits per heavy atom. The highest BCUT2D eigenvalue weighted by Crippen LogP contribution is 2.34. The Hall–Kier alpha value is -2.64. The number of carbonyl (C=O) groups is 3. The molecule has 0 aliphatic carbocycles. The lowest BCUT2D eigenvalue weighted by Crippen LogP contribution is -2.34. The van der Waals surface area contributed by atoms with Gasteiger partial charge in [-0.05, 0) is 24.1 Å². The van der Waals surface area contributed by atoms with Crippen molar-refractivity contribution < 1.29 is 23.5 Å². The van der Waals surface area contributed by atoms with E-state index in [4.69, 9.17) is 10.5 Å². The molecule has 0 bridgehead atoms. The number of halogens is 1. The monoisotopic (exact) mass is 307 g/mol. The van der Waals surface area contributed by atoms with E-state index in [1.54, 1.807) is 6.07 Å². The number of primary amides is 1. The minimum absolute atomic E-state index is 0.0544. The quantitative estimate of drug-likeness (QED) is 0.863. The van der Waals surface area contributed by atoms with Gasteiger partial charge >= 0.3 is 6.09 Å². The lowest BCUT2D eigenvalue weighted by atomic mass is 10.00. The predicted molar refractivity (Wildman–Crippen MR) is 74.9 cm³/mol. The molecule has 116 valence electrons. The van der Waals surface area contributed by atoms with Gasteiger partial charge in [0.25, 0.3) is 5.91 Å². The van der Waals surface area contributed by atoms with Gasteiger partial charge in [0.15, 0.2) is 6.10 Å². The van der Waals surface area contributed by atoms with Crippen LogP contribution in [0.2, 0.25) is 0 Å². The topological polar surface area (TPSA) is 92.9 Å². The van der Waals surface area contributed by atoms with Crippen LogP contribution >= 0.6 is 0 Å². The van der Waals surface area contributed by atoms with Crippen molar-refractivity contribution in [3.63, 3.8) is 0 Å². The first kappa shape index (κ1) is 14.3. The van der Waals surface area contributed by atoms with Crippen molar-refractivity contribution >= 4 is 29.3 Å². The van der Waals surface area contributed by atoms with Gasteiger partial charge in [-0.15, -0.1) is 0 Å². The first-order valence-electron chi connectivity index (χ1n) is 6.75. The molecular formula is C14H14FN3O4. The second-order valence-corrected chi connectivity index (χ2v) is 5.27. The molecule has 0 unspecified atom stereocenters. The fraction of sp³-hybridized carbons (Fsp3) is 0.357. The van der Waals surface area contributed by atoms with Gasteiger partial charge in [-0.3, -0.25) is 14.5 Å². The Labute approximate surface area is 125 Å². The molecular weight excluding hydrogens is 293 g/mol. The number of carbonyl (C=O) groups excluding carboxylic acids is 3. The van der Waals surface area contributed by atoms with E-state index in [9.17, 15) is 18.8 Å². The number of hydrogen-bond acceptors (Lipinski definition) is 4. The average Bonchev–Trinajstić information content (AvgIpc) is 2.85. The molecule has 0 aromatic heterocycles. The van der Waals surface area contributed by atoms with Crippen molar-refractivity contribution in [1.82, 2.24) is 0 Å². The summed E-state index contributed by atoms with van der Waals surface area (Å²) in [6.45, 7) is -0.0544. The van der Waals surface area contributed by atoms with Gasteiger partial charge in [0.05, 0.1) is 17.9 Å². The van der Waals surface area contributed by atoms with E-state index in [1.165, 1.54) is 11.9 Å². The van der Waals surface area contributed by atoms with E-state index >= 15 is 0 Å². The van der Waals surface area contributed by atoms with Crippen LogP contribution in [0.15, 0.2) is 12.1 Å². The molecule has 1 saturated heterocycles. The number of benzene rings is 1. The zero-order chi connectivity index (χ0) is 16.0. The van der Waals surface area contributed by atoms with Crippen LogP contribution in [0.4, 0.5) is 20.6 Å². The molecule has 2 N–H and O–H groups in total. The van der Waals surface area contributed by atoms with Crippen LogP contribution in [0, 0.1) is 5.82 Å². The summed E-state index contributed by atoms with van der Waals surface area (Å²) in [5.41, 5.74) is 6.25. The largest absolute Gasteiger partial charge is 0.434 e. The van der Waals surface area contributed by atoms with Crippen LogP contribution in [0.5, 0.6) is 0 Å². The highest BCUT2D eigenvalue weighted by Gasteiger charge is 2.37. The van der Waals surface area contributed by atoms with Gasteiger partial charge in [-0.25, -0.2) is 9.18 Å². The fourth-order valence-electron chi connectivity index (χ4n) is 2.72. The molecule has 1 aromatic rings. The number of fused-ring (bicyclic) bond motifs is 1. The van der Waals surface area contributed by atoms with Gasteiger partial charge in [0, 0.05) is 13.5 Å². The van der Waals surface area contributed by atoms with Crippen LogP contribution in [0.3, 0.4) is 0 Å². The molecule has 7 nitrogen and oxygen atoms in total. The number of anilines is 2. The lowest BCUT2D eigenvalue weighted by Gasteiger charge is -2.27. The molecule has 2 heterocycles. The number of hydrogen-bond donors (Lipinski definition) is 1. The summed E-state index contributed by atoms with van der Waals surface area (Å²) in [5.74, 6) is -1.51. The van der Waals surface area contributed by atoms with E-state index in [1.807, 2.05) is 0 Å². The molecule has 0 radical (unpaired) electrons. The minimum Gasteiger partial charge on any atom is -0.434 e. The van der Waals surface area contributed by atoms with E-state index in [-0.39, 0.29) is 30.2 Å². The zero-order valence-electron chi connectivity index (χ0n) is 11.8. The fourth-order valence-corrected chi connectivity index (χ4v) is 2.72. The molecule has 1 atom stereocenters. The van der Waals surface area contributed by atoms with Crippen molar-refractivity contribution in [3.8, 4) is 0 Å². The third kappa shape index (κ3) is 2.16. The van der Waals surface area contributed by atoms with Crippen LogP contribution in [-0.4, -0.2) is 37.6 Å². The maximum atomic E-state index is 14.3. The number of aryl methyl sites for hydroxylation is 1. The normalized spacial score (nSPS) is 20.9. The predicted octanol–water partition coefficient (Wildman–Crippen LogP) is 0.545. The van der Waals surface area contributed by atoms with Crippen LogP contribution in [0.1, 0.15) is 12.0 Å². The highest BCUT2D eigenvalue weighted by molar-refractivity contribution is 5.98. The Morgan fingerprint density at radius 3 is 2.73 bits per heavy atom. The van der Waals surface area contributed by atoms with Crippen LogP contribution < -0.4 is 15.5 Å². The summed E-state index contributed by atoms with van der Waals surface area (Å²) >= 11 is 0. The number of nitrogens with two attached hydrogens (primary N) is 1. The second-order valence-electron chi connectivity index (χ2n) is 5.27. The Kier molecular flexibility index (Phi) is 3.23.